The number of nitrogens with zero attached hydrogens (tertiary/aromatic N) is 2. The molecule has 0 fully saturated rings. The highest BCUT2D eigenvalue weighted by molar-refractivity contribution is 6.39. The molecule has 8 nitrogen and oxygen atoms in total. The fraction of sp³-hybridized carbons (Fsp3) is 0.222. The van der Waals surface area contributed by atoms with Gasteiger partial charge in [0.1, 0.15) is 5.75 Å². The fourth-order valence-corrected chi connectivity index (χ4v) is 2.90. The molecular weight excluding hydrogens is 338 g/mol. The lowest BCUT2D eigenvalue weighted by atomic mass is 10.00. The maximum atomic E-state index is 12.5. The second kappa shape index (κ2) is 7.22. The molecule has 0 atom stereocenters. The van der Waals surface area contributed by atoms with E-state index >= 15 is 0 Å². The predicted octanol–water partition coefficient (Wildman–Crippen LogP) is 2.13. The molecular formula is C18H17N3O5. The molecule has 0 aromatic heterocycles. The van der Waals surface area contributed by atoms with Crippen molar-refractivity contribution in [2.75, 3.05) is 19.0 Å². The van der Waals surface area contributed by atoms with Crippen LogP contribution in [0, 0.1) is 10.1 Å². The van der Waals surface area contributed by atoms with E-state index in [9.17, 15) is 19.7 Å². The Hall–Kier alpha value is -3.42. The van der Waals surface area contributed by atoms with Crippen molar-refractivity contribution in [3.8, 4) is 5.75 Å². The van der Waals surface area contributed by atoms with Crippen LogP contribution in [0.25, 0.3) is 0 Å². The molecule has 1 heterocycles. The molecule has 2 aromatic carbocycles. The summed E-state index contributed by atoms with van der Waals surface area (Å²) in [6, 6.07) is 11.6. The third-order valence-electron chi connectivity index (χ3n) is 4.25. The molecule has 0 aliphatic carbocycles. The third kappa shape index (κ3) is 3.49. The molecule has 0 saturated carbocycles. The lowest BCUT2D eigenvalue weighted by Crippen LogP contribution is -2.42. The van der Waals surface area contributed by atoms with Crippen LogP contribution in [0.2, 0.25) is 0 Å². The first-order valence-electron chi connectivity index (χ1n) is 7.99. The van der Waals surface area contributed by atoms with Crippen molar-refractivity contribution < 1.29 is 19.2 Å². The lowest BCUT2D eigenvalue weighted by Gasteiger charge is -2.28. The monoisotopic (exact) mass is 355 g/mol. The molecule has 1 aliphatic heterocycles. The molecule has 2 aromatic rings. The number of nitro benzene ring substituents is 1. The maximum absolute atomic E-state index is 12.5. The molecule has 0 unspecified atom stereocenters. The maximum Gasteiger partial charge on any atom is 0.314 e. The molecule has 134 valence electrons. The van der Waals surface area contributed by atoms with Crippen molar-refractivity contribution in [2.24, 2.45) is 0 Å². The van der Waals surface area contributed by atoms with Crippen molar-refractivity contribution in [1.29, 1.82) is 0 Å². The van der Waals surface area contributed by atoms with Crippen LogP contribution in [-0.2, 0) is 22.6 Å². The van der Waals surface area contributed by atoms with Gasteiger partial charge in [0.25, 0.3) is 5.69 Å². The second-order valence-corrected chi connectivity index (χ2v) is 5.84. The van der Waals surface area contributed by atoms with Gasteiger partial charge in [0.2, 0.25) is 0 Å². The number of ether oxygens (including phenoxy) is 1. The minimum Gasteiger partial charge on any atom is -0.495 e. The number of rotatable bonds is 3. The van der Waals surface area contributed by atoms with Gasteiger partial charge in [0, 0.05) is 25.2 Å². The van der Waals surface area contributed by atoms with Crippen molar-refractivity contribution in [3.63, 3.8) is 0 Å². The van der Waals surface area contributed by atoms with Gasteiger partial charge < -0.3 is 15.0 Å². The number of fused-ring (bicyclic) bond motifs is 1. The summed E-state index contributed by atoms with van der Waals surface area (Å²) in [6.45, 7) is 0.795. The minimum absolute atomic E-state index is 0.0810. The average Bonchev–Trinajstić information content (AvgIpc) is 2.66. The zero-order valence-electron chi connectivity index (χ0n) is 14.1. The number of hydrogen-bond donors (Lipinski definition) is 1. The van der Waals surface area contributed by atoms with Gasteiger partial charge in [-0.1, -0.05) is 24.3 Å². The summed E-state index contributed by atoms with van der Waals surface area (Å²) in [5.74, 6) is -1.31. The van der Waals surface area contributed by atoms with Crippen molar-refractivity contribution in [2.45, 2.75) is 13.0 Å². The van der Waals surface area contributed by atoms with Gasteiger partial charge in [-0.15, -0.1) is 0 Å². The quantitative estimate of drug-likeness (QED) is 0.516. The Morgan fingerprint density at radius 3 is 2.62 bits per heavy atom. The Morgan fingerprint density at radius 2 is 1.92 bits per heavy atom. The third-order valence-corrected chi connectivity index (χ3v) is 4.25. The molecule has 8 heteroatoms. The summed E-state index contributed by atoms with van der Waals surface area (Å²) < 4.78 is 5.09. The van der Waals surface area contributed by atoms with E-state index in [4.69, 9.17) is 4.74 Å². The van der Waals surface area contributed by atoms with Gasteiger partial charge >= 0.3 is 11.8 Å². The van der Waals surface area contributed by atoms with E-state index < -0.39 is 16.7 Å². The summed E-state index contributed by atoms with van der Waals surface area (Å²) in [7, 11) is 1.38. The number of nitro groups is 1. The van der Waals surface area contributed by atoms with Gasteiger partial charge in [0.15, 0.2) is 0 Å². The summed E-state index contributed by atoms with van der Waals surface area (Å²) in [5.41, 5.74) is 2.04. The van der Waals surface area contributed by atoms with E-state index in [1.165, 1.54) is 24.1 Å². The van der Waals surface area contributed by atoms with Crippen molar-refractivity contribution in [3.05, 3.63) is 63.7 Å². The molecule has 0 radical (unpaired) electrons. The number of carbonyl (C=O) groups is 2. The first-order valence-corrected chi connectivity index (χ1v) is 7.99. The number of carbonyl (C=O) groups excluding carboxylic acids is 2. The molecule has 0 spiro atoms. The predicted molar refractivity (Wildman–Crippen MR) is 93.8 cm³/mol. The summed E-state index contributed by atoms with van der Waals surface area (Å²) >= 11 is 0. The summed E-state index contributed by atoms with van der Waals surface area (Å²) in [4.78, 5) is 36.6. The first kappa shape index (κ1) is 17.4. The largest absolute Gasteiger partial charge is 0.495 e. The van der Waals surface area contributed by atoms with Gasteiger partial charge in [-0.3, -0.25) is 19.7 Å². The molecule has 26 heavy (non-hydrogen) atoms. The smallest absolute Gasteiger partial charge is 0.314 e. The molecule has 1 N–H and O–H groups in total. The number of anilines is 1. The van der Waals surface area contributed by atoms with Crippen molar-refractivity contribution in [1.82, 2.24) is 4.90 Å². The van der Waals surface area contributed by atoms with Crippen LogP contribution in [-0.4, -0.2) is 35.3 Å². The lowest BCUT2D eigenvalue weighted by molar-refractivity contribution is -0.384. The SMILES string of the molecule is COc1ccc([N+](=O)[O-])cc1NC(=O)C(=O)N1CCc2ccccc2C1. The van der Waals surface area contributed by atoms with E-state index in [0.717, 1.165) is 17.2 Å². The van der Waals surface area contributed by atoms with Gasteiger partial charge in [-0.25, -0.2) is 0 Å². The minimum atomic E-state index is -0.858. The van der Waals surface area contributed by atoms with E-state index in [0.29, 0.717) is 19.5 Å². The highest BCUT2D eigenvalue weighted by Gasteiger charge is 2.26. The zero-order valence-corrected chi connectivity index (χ0v) is 14.1. The topological polar surface area (TPSA) is 102 Å². The van der Waals surface area contributed by atoms with Crippen LogP contribution in [0.15, 0.2) is 42.5 Å². The van der Waals surface area contributed by atoms with Crippen LogP contribution in [0.1, 0.15) is 11.1 Å². The Bertz CT molecular complexity index is 881. The van der Waals surface area contributed by atoms with Crippen LogP contribution >= 0.6 is 0 Å². The van der Waals surface area contributed by atoms with Crippen LogP contribution in [0.3, 0.4) is 0 Å². The van der Waals surface area contributed by atoms with E-state index in [2.05, 4.69) is 5.32 Å². The number of non-ortho nitro benzene ring substituents is 1. The first-order chi connectivity index (χ1) is 12.5. The second-order valence-electron chi connectivity index (χ2n) is 5.84. The Morgan fingerprint density at radius 1 is 1.19 bits per heavy atom. The number of benzene rings is 2. The molecule has 2 amide bonds. The highest BCUT2D eigenvalue weighted by Crippen LogP contribution is 2.29. The number of hydrogen-bond acceptors (Lipinski definition) is 5. The number of methoxy groups -OCH3 is 1. The highest BCUT2D eigenvalue weighted by atomic mass is 16.6. The van der Waals surface area contributed by atoms with E-state index in [-0.39, 0.29) is 17.1 Å². The standard InChI is InChI=1S/C18H17N3O5/c1-26-16-7-6-14(21(24)25)10-15(16)19-17(22)18(23)20-9-8-12-4-2-3-5-13(12)11-20/h2-7,10H,8-9,11H2,1H3,(H,19,22). The van der Waals surface area contributed by atoms with Crippen LogP contribution < -0.4 is 10.1 Å². The molecule has 0 saturated heterocycles. The average molecular weight is 355 g/mol. The van der Waals surface area contributed by atoms with Crippen LogP contribution in [0.5, 0.6) is 5.75 Å². The van der Waals surface area contributed by atoms with Gasteiger partial charge in [-0.05, 0) is 23.6 Å². The molecule has 3 rings (SSSR count). The Kier molecular flexibility index (Phi) is 4.83. The van der Waals surface area contributed by atoms with Crippen LogP contribution in [0.4, 0.5) is 11.4 Å². The van der Waals surface area contributed by atoms with Crippen molar-refractivity contribution >= 4 is 23.2 Å². The van der Waals surface area contributed by atoms with Gasteiger partial charge in [-0.2, -0.15) is 0 Å². The molecule has 1 aliphatic rings. The summed E-state index contributed by atoms with van der Waals surface area (Å²) in [5, 5.41) is 13.3. The molecule has 0 bridgehead atoms. The summed E-state index contributed by atoms with van der Waals surface area (Å²) in [6.07, 6.45) is 0.676. The fourth-order valence-electron chi connectivity index (χ4n) is 2.90. The Balaban J connectivity index is 1.75. The van der Waals surface area contributed by atoms with E-state index in [1.807, 2.05) is 24.3 Å². The van der Waals surface area contributed by atoms with E-state index in [1.54, 1.807) is 0 Å². The van der Waals surface area contributed by atoms with Gasteiger partial charge in [0.05, 0.1) is 17.7 Å². The number of amides is 2. The Labute approximate surface area is 149 Å². The number of nitrogens with one attached hydrogen (secondary N) is 1. The zero-order chi connectivity index (χ0) is 18.7. The normalized spacial score (nSPS) is 12.9.